The fourth-order valence-electron chi connectivity index (χ4n) is 0.993. The maximum atomic E-state index is 11.1. The van der Waals surface area contributed by atoms with Gasteiger partial charge in [0.15, 0.2) is 0 Å². The minimum Gasteiger partial charge on any atom is -0.282 e. The van der Waals surface area contributed by atoms with Gasteiger partial charge in [-0.05, 0) is 18.2 Å². The van der Waals surface area contributed by atoms with E-state index in [9.17, 15) is 8.42 Å². The molecule has 0 aliphatic carbocycles. The molecule has 0 spiro atoms. The molecule has 0 unspecified atom stereocenters. The van der Waals surface area contributed by atoms with Crippen LogP contribution in [0.15, 0.2) is 28.2 Å². The number of nitriles is 2. The van der Waals surface area contributed by atoms with Gasteiger partial charge in [-0.1, -0.05) is 11.6 Å². The van der Waals surface area contributed by atoms with Crippen LogP contribution in [0.5, 0.6) is 0 Å². The van der Waals surface area contributed by atoms with Crippen LogP contribution in [-0.2, 0) is 10.1 Å². The summed E-state index contributed by atoms with van der Waals surface area (Å²) in [6.07, 6.45) is 0. The van der Waals surface area contributed by atoms with Crippen LogP contribution in [0.2, 0.25) is 5.02 Å². The monoisotopic (exact) mass is 284 g/mol. The highest BCUT2D eigenvalue weighted by Gasteiger charge is 2.16. The third-order valence-corrected chi connectivity index (χ3v) is 2.85. The molecule has 0 aliphatic heterocycles. The molecule has 1 aromatic rings. The van der Waals surface area contributed by atoms with Crippen molar-refractivity contribution < 1.29 is 13.0 Å². The summed E-state index contributed by atoms with van der Waals surface area (Å²) >= 11 is 5.60. The van der Waals surface area contributed by atoms with E-state index >= 15 is 0 Å². The zero-order chi connectivity index (χ0) is 13.8. The Morgan fingerprint density at radius 3 is 2.50 bits per heavy atom. The van der Waals surface area contributed by atoms with E-state index in [1.165, 1.54) is 24.3 Å². The lowest BCUT2D eigenvalue weighted by Gasteiger charge is -2.06. The van der Waals surface area contributed by atoms with Crippen molar-refractivity contribution in [3.05, 3.63) is 23.2 Å². The van der Waals surface area contributed by atoms with Crippen LogP contribution in [0.1, 0.15) is 0 Å². The smallest absolute Gasteiger partial charge is 0.282 e. The second-order valence-electron chi connectivity index (χ2n) is 2.91. The predicted molar refractivity (Wildman–Crippen MR) is 63.6 cm³/mol. The van der Waals surface area contributed by atoms with Gasteiger partial charge in [-0.2, -0.15) is 24.0 Å². The van der Waals surface area contributed by atoms with Crippen molar-refractivity contribution in [1.82, 2.24) is 0 Å². The molecule has 1 rings (SSSR count). The highest BCUT2D eigenvalue weighted by Crippen LogP contribution is 2.24. The number of nitrogens with zero attached hydrogens (tertiary/aromatic N) is 3. The number of hydrogen-bond acceptors (Lipinski definition) is 6. The molecule has 0 aliphatic rings. The van der Waals surface area contributed by atoms with Gasteiger partial charge >= 0.3 is 0 Å². The molecule has 0 aromatic heterocycles. The first kappa shape index (κ1) is 13.9. The van der Waals surface area contributed by atoms with Crippen LogP contribution in [-0.4, -0.2) is 18.7 Å². The molecule has 9 heteroatoms. The molecule has 0 bridgehead atoms. The van der Waals surface area contributed by atoms with Gasteiger partial charge in [0.25, 0.3) is 10.1 Å². The van der Waals surface area contributed by atoms with Crippen LogP contribution in [0.4, 0.5) is 5.69 Å². The average molecular weight is 285 g/mol. The molecule has 0 fully saturated rings. The molecule has 0 amide bonds. The summed E-state index contributed by atoms with van der Waals surface area (Å²) in [6.45, 7) is 0. The van der Waals surface area contributed by atoms with Crippen LogP contribution >= 0.6 is 11.6 Å². The molecule has 92 valence electrons. The van der Waals surface area contributed by atoms with Gasteiger partial charge in [0, 0.05) is 5.02 Å². The van der Waals surface area contributed by atoms with Gasteiger partial charge in [0.05, 0.1) is 5.69 Å². The van der Waals surface area contributed by atoms with E-state index in [2.05, 4.69) is 10.5 Å². The molecule has 0 heterocycles. The zero-order valence-corrected chi connectivity index (χ0v) is 10.2. The topological polar surface area (TPSA) is 126 Å². The Labute approximate surface area is 108 Å². The molecule has 18 heavy (non-hydrogen) atoms. The van der Waals surface area contributed by atoms with Crippen molar-refractivity contribution >= 4 is 33.1 Å². The van der Waals surface area contributed by atoms with Gasteiger partial charge in [0.2, 0.25) is 5.71 Å². The lowest BCUT2D eigenvalue weighted by atomic mass is 10.3. The van der Waals surface area contributed by atoms with Gasteiger partial charge in [-0.3, -0.25) is 9.98 Å². The number of benzene rings is 1. The minimum atomic E-state index is -4.50. The number of hydrogen-bond donors (Lipinski definition) is 2. The quantitative estimate of drug-likeness (QED) is 0.491. The summed E-state index contributed by atoms with van der Waals surface area (Å²) in [5.41, 5.74) is 1.59. The molecular weight excluding hydrogens is 280 g/mol. The van der Waals surface area contributed by atoms with Crippen LogP contribution < -0.4 is 5.43 Å². The number of nitrogens with one attached hydrogen (secondary N) is 1. The van der Waals surface area contributed by atoms with Crippen molar-refractivity contribution in [2.24, 2.45) is 5.10 Å². The van der Waals surface area contributed by atoms with Gasteiger partial charge in [-0.25, -0.2) is 0 Å². The van der Waals surface area contributed by atoms with Gasteiger partial charge in [0.1, 0.15) is 17.0 Å². The average Bonchev–Trinajstić information content (AvgIpc) is 2.30. The van der Waals surface area contributed by atoms with E-state index < -0.39 is 20.7 Å². The highest BCUT2D eigenvalue weighted by atomic mass is 35.5. The number of halogens is 1. The van der Waals surface area contributed by atoms with Crippen molar-refractivity contribution in [1.29, 1.82) is 10.5 Å². The summed E-state index contributed by atoms with van der Waals surface area (Å²) in [7, 11) is -4.50. The Morgan fingerprint density at radius 1 is 1.39 bits per heavy atom. The van der Waals surface area contributed by atoms with Crippen LogP contribution in [0.3, 0.4) is 0 Å². The summed E-state index contributed by atoms with van der Waals surface area (Å²) < 4.78 is 31.1. The van der Waals surface area contributed by atoms with Crippen LogP contribution in [0, 0.1) is 22.7 Å². The molecule has 0 saturated heterocycles. The third-order valence-electron chi connectivity index (χ3n) is 1.72. The van der Waals surface area contributed by atoms with Gasteiger partial charge in [-0.15, -0.1) is 0 Å². The fourth-order valence-corrected chi connectivity index (χ4v) is 1.90. The van der Waals surface area contributed by atoms with Crippen molar-refractivity contribution in [2.75, 3.05) is 5.43 Å². The largest absolute Gasteiger partial charge is 0.296 e. The van der Waals surface area contributed by atoms with E-state index in [1.807, 2.05) is 0 Å². The summed E-state index contributed by atoms with van der Waals surface area (Å²) in [5, 5.41) is 20.3. The Kier molecular flexibility index (Phi) is 4.23. The Bertz CT molecular complexity index is 669. The molecular formula is C9H5ClN4O3S. The minimum absolute atomic E-state index is 0.0953. The van der Waals surface area contributed by atoms with Crippen molar-refractivity contribution in [3.63, 3.8) is 0 Å². The molecule has 0 atom stereocenters. The van der Waals surface area contributed by atoms with E-state index in [-0.39, 0.29) is 10.7 Å². The molecule has 7 nitrogen and oxygen atoms in total. The lowest BCUT2D eigenvalue weighted by molar-refractivity contribution is 0.483. The Morgan fingerprint density at radius 2 is 2.00 bits per heavy atom. The Hall–Kier alpha value is -2.13. The standard InChI is InChI=1S/C9H5ClN4O3S/c10-6-1-2-8(9(3-6)18(15,16)17)14-13-7(4-11)5-12/h1-3,14H,(H,15,16,17). The van der Waals surface area contributed by atoms with Crippen molar-refractivity contribution in [3.8, 4) is 12.1 Å². The first-order valence-corrected chi connectivity index (χ1v) is 6.11. The second kappa shape index (κ2) is 5.47. The number of rotatable bonds is 3. The van der Waals surface area contributed by atoms with E-state index in [0.29, 0.717) is 0 Å². The van der Waals surface area contributed by atoms with E-state index in [0.717, 1.165) is 6.07 Å². The maximum Gasteiger partial charge on any atom is 0.296 e. The summed E-state index contributed by atoms with van der Waals surface area (Å²) in [5.74, 6) is 0. The van der Waals surface area contributed by atoms with E-state index in [1.54, 1.807) is 0 Å². The summed E-state index contributed by atoms with van der Waals surface area (Å²) in [6, 6.07) is 6.56. The van der Waals surface area contributed by atoms with Crippen LogP contribution in [0.25, 0.3) is 0 Å². The van der Waals surface area contributed by atoms with Gasteiger partial charge < -0.3 is 0 Å². The molecule has 0 radical (unpaired) electrons. The fraction of sp³-hybridized carbons (Fsp3) is 0. The molecule has 1 aromatic carbocycles. The normalized spacial score (nSPS) is 10.0. The lowest BCUT2D eigenvalue weighted by Crippen LogP contribution is -2.04. The van der Waals surface area contributed by atoms with E-state index in [4.69, 9.17) is 26.7 Å². The Balaban J connectivity index is 3.24. The van der Waals surface area contributed by atoms with Crippen molar-refractivity contribution in [2.45, 2.75) is 4.90 Å². The third kappa shape index (κ3) is 3.43. The summed E-state index contributed by atoms with van der Waals surface area (Å²) in [4.78, 5) is -0.506. The molecule has 0 saturated carbocycles. The first-order chi connectivity index (χ1) is 8.38. The number of anilines is 1. The maximum absolute atomic E-state index is 11.1. The number of hydrazone groups is 1. The second-order valence-corrected chi connectivity index (χ2v) is 4.74. The highest BCUT2D eigenvalue weighted by molar-refractivity contribution is 7.86. The first-order valence-electron chi connectivity index (χ1n) is 4.29. The predicted octanol–water partition coefficient (Wildman–Crippen LogP) is 1.40. The SMILES string of the molecule is N#CC(C#N)=NNc1ccc(Cl)cc1S(=O)(=O)O. The molecule has 2 N–H and O–H groups in total. The zero-order valence-electron chi connectivity index (χ0n) is 8.62.